The zero-order valence-electron chi connectivity index (χ0n) is 17.5. The van der Waals surface area contributed by atoms with Gasteiger partial charge in [0.15, 0.2) is 0 Å². The van der Waals surface area contributed by atoms with Gasteiger partial charge >= 0.3 is 6.03 Å². The van der Waals surface area contributed by atoms with Crippen LogP contribution in [-0.4, -0.2) is 27.0 Å². The smallest absolute Gasteiger partial charge is 0.315 e. The van der Waals surface area contributed by atoms with E-state index in [1.807, 2.05) is 70.2 Å². The van der Waals surface area contributed by atoms with Crippen molar-refractivity contribution in [1.82, 2.24) is 14.5 Å². The number of anilines is 1. The van der Waals surface area contributed by atoms with Crippen molar-refractivity contribution in [1.29, 1.82) is 0 Å². The minimum absolute atomic E-state index is 0.0677. The molecule has 0 spiro atoms. The number of nitrogens with zero attached hydrogens (tertiary/aromatic N) is 3. The highest BCUT2D eigenvalue weighted by molar-refractivity contribution is 5.90. The molecule has 0 fully saturated rings. The molecule has 2 amide bonds. The first kappa shape index (κ1) is 20.6. The van der Waals surface area contributed by atoms with Crippen LogP contribution in [0.5, 0.6) is 0 Å². The summed E-state index contributed by atoms with van der Waals surface area (Å²) in [6.45, 7) is 8.84. The fourth-order valence-electron chi connectivity index (χ4n) is 3.69. The maximum atomic E-state index is 13.1. The van der Waals surface area contributed by atoms with E-state index in [4.69, 9.17) is 4.98 Å². The summed E-state index contributed by atoms with van der Waals surface area (Å²) in [6, 6.07) is 14.5. The Morgan fingerprint density at radius 2 is 1.79 bits per heavy atom. The van der Waals surface area contributed by atoms with Crippen molar-refractivity contribution < 1.29 is 4.79 Å². The van der Waals surface area contributed by atoms with Gasteiger partial charge in [-0.2, -0.15) is 0 Å². The lowest BCUT2D eigenvalue weighted by atomic mass is 10.1. The Morgan fingerprint density at radius 3 is 2.45 bits per heavy atom. The van der Waals surface area contributed by atoms with Gasteiger partial charge in [-0.25, -0.2) is 9.78 Å². The molecule has 1 aromatic heterocycles. The van der Waals surface area contributed by atoms with E-state index in [0.717, 1.165) is 11.3 Å². The Morgan fingerprint density at radius 1 is 1.10 bits per heavy atom. The zero-order chi connectivity index (χ0) is 21.0. The van der Waals surface area contributed by atoms with Crippen molar-refractivity contribution in [2.45, 2.75) is 46.7 Å². The first-order valence-electron chi connectivity index (χ1n) is 10.1. The van der Waals surface area contributed by atoms with Gasteiger partial charge in [0.25, 0.3) is 5.56 Å². The number of fused-ring (bicyclic) bond motifs is 1. The number of nitrogens with one attached hydrogen (secondary N) is 1. The summed E-state index contributed by atoms with van der Waals surface area (Å²) in [6.07, 6.45) is 0.653. The van der Waals surface area contributed by atoms with Crippen molar-refractivity contribution in [3.05, 3.63) is 70.3 Å². The van der Waals surface area contributed by atoms with Crippen LogP contribution in [0.25, 0.3) is 10.9 Å². The predicted molar refractivity (Wildman–Crippen MR) is 117 cm³/mol. The van der Waals surface area contributed by atoms with Crippen molar-refractivity contribution in [3.63, 3.8) is 0 Å². The molecule has 0 radical (unpaired) electrons. The Hall–Kier alpha value is -3.15. The molecule has 1 N–H and O–H groups in total. The van der Waals surface area contributed by atoms with Crippen molar-refractivity contribution in [2.75, 3.05) is 11.9 Å². The van der Waals surface area contributed by atoms with Gasteiger partial charge < -0.3 is 10.2 Å². The lowest BCUT2D eigenvalue weighted by Crippen LogP contribution is -2.41. The fourth-order valence-corrected chi connectivity index (χ4v) is 3.69. The fraction of sp³-hybridized carbons (Fsp3) is 0.348. The molecule has 0 aliphatic carbocycles. The van der Waals surface area contributed by atoms with E-state index in [2.05, 4.69) is 5.32 Å². The second-order valence-corrected chi connectivity index (χ2v) is 6.99. The number of hydrogen-bond donors (Lipinski definition) is 1. The largest absolute Gasteiger partial charge is 0.322 e. The first-order valence-corrected chi connectivity index (χ1v) is 10.1. The minimum Gasteiger partial charge on any atom is -0.315 e. The Kier molecular flexibility index (Phi) is 6.32. The summed E-state index contributed by atoms with van der Waals surface area (Å²) in [5, 5.41) is 3.60. The SMILES string of the molecule is CCC(c1nc2ccccc2c(=O)n1CC)N(CC)C(=O)Nc1ccccc1C. The standard InChI is InChI=1S/C23H28N4O2/c1-5-20(26(6-2)23(29)25-18-14-10-8-12-16(18)4)21-24-19-15-11-9-13-17(19)22(28)27(21)7-3/h8-15,20H,5-7H2,1-4H3,(H,25,29). The number of aryl methyl sites for hydroxylation is 1. The van der Waals surface area contributed by atoms with Crippen LogP contribution < -0.4 is 10.9 Å². The number of benzene rings is 2. The average Bonchev–Trinajstić information content (AvgIpc) is 2.73. The molecule has 152 valence electrons. The Balaban J connectivity index is 2.04. The first-order chi connectivity index (χ1) is 14.0. The normalized spacial score (nSPS) is 12.0. The second-order valence-electron chi connectivity index (χ2n) is 6.99. The molecule has 1 atom stereocenters. The highest BCUT2D eigenvalue weighted by Crippen LogP contribution is 2.25. The van der Waals surface area contributed by atoms with Gasteiger partial charge in [-0.3, -0.25) is 9.36 Å². The van der Waals surface area contributed by atoms with Gasteiger partial charge in [-0.1, -0.05) is 37.3 Å². The van der Waals surface area contributed by atoms with Crippen molar-refractivity contribution in [2.24, 2.45) is 0 Å². The van der Waals surface area contributed by atoms with Crippen LogP contribution in [0.2, 0.25) is 0 Å². The van der Waals surface area contributed by atoms with Crippen molar-refractivity contribution >= 4 is 22.6 Å². The topological polar surface area (TPSA) is 67.2 Å². The third-order valence-electron chi connectivity index (χ3n) is 5.26. The molecule has 3 aromatic rings. The number of rotatable bonds is 6. The molecular weight excluding hydrogens is 364 g/mol. The van der Waals surface area contributed by atoms with Gasteiger partial charge in [-0.15, -0.1) is 0 Å². The number of urea groups is 1. The summed E-state index contributed by atoms with van der Waals surface area (Å²) in [7, 11) is 0. The van der Waals surface area contributed by atoms with E-state index in [1.54, 1.807) is 15.5 Å². The molecule has 0 bridgehead atoms. The van der Waals surface area contributed by atoms with Gasteiger partial charge in [0.1, 0.15) is 5.82 Å². The van der Waals surface area contributed by atoms with Gasteiger partial charge in [-0.05, 0) is 51.0 Å². The molecule has 0 aliphatic heterocycles. The summed E-state index contributed by atoms with van der Waals surface area (Å²) >= 11 is 0. The number of carbonyl (C=O) groups excluding carboxylic acids is 1. The summed E-state index contributed by atoms with van der Waals surface area (Å²) in [5.41, 5.74) is 2.37. The van der Waals surface area contributed by atoms with E-state index in [-0.39, 0.29) is 17.6 Å². The Bertz CT molecular complexity index is 1070. The maximum Gasteiger partial charge on any atom is 0.322 e. The quantitative estimate of drug-likeness (QED) is 0.659. The number of para-hydroxylation sites is 2. The minimum atomic E-state index is -0.304. The van der Waals surface area contributed by atoms with E-state index >= 15 is 0 Å². The lowest BCUT2D eigenvalue weighted by Gasteiger charge is -2.31. The number of aromatic nitrogens is 2. The van der Waals surface area contributed by atoms with E-state index in [0.29, 0.717) is 36.2 Å². The van der Waals surface area contributed by atoms with Crippen LogP contribution in [0.15, 0.2) is 53.3 Å². The number of carbonyl (C=O) groups is 1. The van der Waals surface area contributed by atoms with Crippen LogP contribution in [0, 0.1) is 6.92 Å². The lowest BCUT2D eigenvalue weighted by molar-refractivity contribution is 0.184. The van der Waals surface area contributed by atoms with E-state index in [9.17, 15) is 9.59 Å². The molecule has 6 nitrogen and oxygen atoms in total. The van der Waals surface area contributed by atoms with Gasteiger partial charge in [0.2, 0.25) is 0 Å². The van der Waals surface area contributed by atoms with Crippen molar-refractivity contribution in [3.8, 4) is 0 Å². The van der Waals surface area contributed by atoms with E-state index in [1.165, 1.54) is 0 Å². The van der Waals surface area contributed by atoms with Gasteiger partial charge in [0.05, 0.1) is 16.9 Å². The third-order valence-corrected chi connectivity index (χ3v) is 5.26. The molecule has 0 aliphatic rings. The summed E-state index contributed by atoms with van der Waals surface area (Å²) < 4.78 is 1.68. The van der Waals surface area contributed by atoms with Crippen LogP contribution in [0.4, 0.5) is 10.5 Å². The van der Waals surface area contributed by atoms with Crippen LogP contribution in [0.1, 0.15) is 44.6 Å². The molecule has 1 unspecified atom stereocenters. The highest BCUT2D eigenvalue weighted by atomic mass is 16.2. The molecular formula is C23H28N4O2. The summed E-state index contributed by atoms with van der Waals surface area (Å²) in [5.74, 6) is 0.625. The molecule has 3 rings (SSSR count). The average molecular weight is 393 g/mol. The molecule has 1 heterocycles. The molecule has 6 heteroatoms. The van der Waals surface area contributed by atoms with Crippen LogP contribution >= 0.6 is 0 Å². The maximum absolute atomic E-state index is 13.1. The summed E-state index contributed by atoms with van der Waals surface area (Å²) in [4.78, 5) is 32.7. The Labute approximate surface area is 171 Å². The molecule has 0 saturated carbocycles. The molecule has 29 heavy (non-hydrogen) atoms. The number of amides is 2. The second kappa shape index (κ2) is 8.90. The third kappa shape index (κ3) is 4.01. The highest BCUT2D eigenvalue weighted by Gasteiger charge is 2.27. The van der Waals surface area contributed by atoms with E-state index < -0.39 is 0 Å². The zero-order valence-corrected chi connectivity index (χ0v) is 17.5. The molecule has 2 aromatic carbocycles. The number of hydrogen-bond acceptors (Lipinski definition) is 3. The molecule has 0 saturated heterocycles. The van der Waals surface area contributed by atoms with Crippen LogP contribution in [0.3, 0.4) is 0 Å². The van der Waals surface area contributed by atoms with Crippen LogP contribution in [-0.2, 0) is 6.54 Å². The van der Waals surface area contributed by atoms with Gasteiger partial charge in [0, 0.05) is 18.8 Å². The monoisotopic (exact) mass is 392 g/mol. The predicted octanol–water partition coefficient (Wildman–Crippen LogP) is 4.73.